The van der Waals surface area contributed by atoms with E-state index in [1.165, 1.54) is 35.2 Å². The summed E-state index contributed by atoms with van der Waals surface area (Å²) < 4.78 is 6.06. The lowest BCUT2D eigenvalue weighted by atomic mass is 9.80. The van der Waals surface area contributed by atoms with Gasteiger partial charge in [0.25, 0.3) is 0 Å². The van der Waals surface area contributed by atoms with Crippen molar-refractivity contribution in [1.82, 2.24) is 14.9 Å². The van der Waals surface area contributed by atoms with E-state index in [1.807, 2.05) is 0 Å². The minimum Gasteiger partial charge on any atom is -0.376 e. The number of likely N-dealkylation sites (tertiary alicyclic amines) is 1. The van der Waals surface area contributed by atoms with Crippen molar-refractivity contribution in [2.45, 2.75) is 51.7 Å². The molecule has 0 bridgehead atoms. The Morgan fingerprint density at radius 1 is 1.21 bits per heavy atom. The Bertz CT molecular complexity index is 879. The van der Waals surface area contributed by atoms with Gasteiger partial charge in [0, 0.05) is 30.9 Å². The van der Waals surface area contributed by atoms with Crippen molar-refractivity contribution in [2.75, 3.05) is 31.6 Å². The largest absolute Gasteiger partial charge is 0.376 e. The standard InChI is InChI=1S/C23H30N4O/c1-16-5-3-4-6-19(16)12-27-10-9-23(14-27)15-28-13-20-17(2)25-22(26-21(20)23)24-11-18-7-8-18/h3-6,18H,7-15H2,1-2H3,(H,24,25,26). The molecule has 28 heavy (non-hydrogen) atoms. The number of benzene rings is 1. The summed E-state index contributed by atoms with van der Waals surface area (Å²) in [7, 11) is 0. The van der Waals surface area contributed by atoms with Crippen LogP contribution in [0.15, 0.2) is 24.3 Å². The molecule has 2 fully saturated rings. The van der Waals surface area contributed by atoms with Crippen LogP contribution >= 0.6 is 0 Å². The number of fused-ring (bicyclic) bond motifs is 2. The highest BCUT2D eigenvalue weighted by Gasteiger charge is 2.45. The molecule has 1 saturated carbocycles. The fourth-order valence-corrected chi connectivity index (χ4v) is 4.69. The number of ether oxygens (including phenoxy) is 1. The number of nitrogens with zero attached hydrogens (tertiary/aromatic N) is 3. The first-order valence-electron chi connectivity index (χ1n) is 10.6. The zero-order chi connectivity index (χ0) is 19.1. The van der Waals surface area contributed by atoms with Crippen molar-refractivity contribution in [3.63, 3.8) is 0 Å². The second kappa shape index (κ2) is 7.12. The van der Waals surface area contributed by atoms with Crippen LogP contribution in [0.1, 0.15) is 47.3 Å². The smallest absolute Gasteiger partial charge is 0.223 e. The summed E-state index contributed by atoms with van der Waals surface area (Å²) >= 11 is 0. The average molecular weight is 379 g/mol. The Hall–Kier alpha value is -1.98. The van der Waals surface area contributed by atoms with E-state index in [9.17, 15) is 0 Å². The van der Waals surface area contributed by atoms with Crippen LogP contribution in [0, 0.1) is 19.8 Å². The second-order valence-corrected chi connectivity index (χ2v) is 8.94. The lowest BCUT2D eigenvalue weighted by Crippen LogP contribution is -2.41. The van der Waals surface area contributed by atoms with E-state index >= 15 is 0 Å². The quantitative estimate of drug-likeness (QED) is 0.862. The van der Waals surface area contributed by atoms with Crippen molar-refractivity contribution >= 4 is 5.95 Å². The zero-order valence-corrected chi connectivity index (χ0v) is 17.0. The van der Waals surface area contributed by atoms with Crippen LogP contribution < -0.4 is 5.32 Å². The van der Waals surface area contributed by atoms with Gasteiger partial charge in [-0.3, -0.25) is 4.90 Å². The summed E-state index contributed by atoms with van der Waals surface area (Å²) in [5.74, 6) is 1.62. The van der Waals surface area contributed by atoms with Crippen molar-refractivity contribution < 1.29 is 4.74 Å². The van der Waals surface area contributed by atoms with E-state index in [4.69, 9.17) is 14.7 Å². The van der Waals surface area contributed by atoms with Crippen LogP contribution in [0.4, 0.5) is 5.95 Å². The SMILES string of the molecule is Cc1ccccc1CN1CCC2(COCc3c(C)nc(NCC4CC4)nc32)C1. The lowest BCUT2D eigenvalue weighted by molar-refractivity contribution is 0.0498. The molecule has 148 valence electrons. The Balaban J connectivity index is 1.39. The van der Waals surface area contributed by atoms with Crippen LogP contribution in [0.3, 0.4) is 0 Å². The maximum Gasteiger partial charge on any atom is 0.223 e. The monoisotopic (exact) mass is 378 g/mol. The molecule has 0 amide bonds. The highest BCUT2D eigenvalue weighted by atomic mass is 16.5. The predicted molar refractivity (Wildman–Crippen MR) is 110 cm³/mol. The van der Waals surface area contributed by atoms with E-state index in [-0.39, 0.29) is 5.41 Å². The first-order valence-corrected chi connectivity index (χ1v) is 10.6. The fourth-order valence-electron chi connectivity index (χ4n) is 4.69. The molecule has 0 radical (unpaired) electrons. The van der Waals surface area contributed by atoms with Crippen molar-refractivity contribution in [3.8, 4) is 0 Å². The van der Waals surface area contributed by atoms with Gasteiger partial charge in [0.2, 0.25) is 5.95 Å². The van der Waals surface area contributed by atoms with Crippen LogP contribution in [-0.4, -0.2) is 41.1 Å². The molecule has 1 N–H and O–H groups in total. The molecule has 3 aliphatic rings. The highest BCUT2D eigenvalue weighted by molar-refractivity contribution is 5.40. The summed E-state index contributed by atoms with van der Waals surface area (Å²) in [5.41, 5.74) is 6.30. The van der Waals surface area contributed by atoms with Crippen LogP contribution in [0.5, 0.6) is 0 Å². The van der Waals surface area contributed by atoms with Crippen molar-refractivity contribution in [1.29, 1.82) is 0 Å². The molecular weight excluding hydrogens is 348 g/mol. The fraction of sp³-hybridized carbons (Fsp3) is 0.565. The van der Waals surface area contributed by atoms with E-state index < -0.39 is 0 Å². The summed E-state index contributed by atoms with van der Waals surface area (Å²) in [6.07, 6.45) is 3.77. The first kappa shape index (κ1) is 18.1. The minimum atomic E-state index is -0.0000207. The summed E-state index contributed by atoms with van der Waals surface area (Å²) in [6.45, 7) is 9.81. The molecule has 2 aliphatic heterocycles. The molecule has 1 saturated heterocycles. The van der Waals surface area contributed by atoms with Gasteiger partial charge in [0.15, 0.2) is 0 Å². The maximum absolute atomic E-state index is 6.06. The predicted octanol–water partition coefficient (Wildman–Crippen LogP) is 3.59. The van der Waals surface area contributed by atoms with Gasteiger partial charge in [0.1, 0.15) is 0 Å². The molecule has 3 heterocycles. The molecule has 2 aromatic rings. The Morgan fingerprint density at radius 2 is 2.07 bits per heavy atom. The number of aromatic nitrogens is 2. The van der Waals surface area contributed by atoms with Gasteiger partial charge in [-0.25, -0.2) is 9.97 Å². The normalized spacial score (nSPS) is 24.5. The molecule has 5 rings (SSSR count). The molecular formula is C23H30N4O. The van der Waals surface area contributed by atoms with Gasteiger partial charge in [-0.15, -0.1) is 0 Å². The third-order valence-electron chi connectivity index (χ3n) is 6.67. The molecule has 5 nitrogen and oxygen atoms in total. The minimum absolute atomic E-state index is 0.0000207. The number of aryl methyl sites for hydroxylation is 2. The highest BCUT2D eigenvalue weighted by Crippen LogP contribution is 2.41. The number of rotatable bonds is 5. The second-order valence-electron chi connectivity index (χ2n) is 8.94. The lowest BCUT2D eigenvalue weighted by Gasteiger charge is -2.35. The van der Waals surface area contributed by atoms with Gasteiger partial charge < -0.3 is 10.1 Å². The van der Waals surface area contributed by atoms with Crippen LogP contribution in [0.25, 0.3) is 0 Å². The van der Waals surface area contributed by atoms with E-state index in [2.05, 4.69) is 48.3 Å². The molecule has 1 aromatic heterocycles. The topological polar surface area (TPSA) is 50.3 Å². The molecule has 5 heteroatoms. The van der Waals surface area contributed by atoms with Gasteiger partial charge >= 0.3 is 0 Å². The molecule has 1 aliphatic carbocycles. The summed E-state index contributed by atoms with van der Waals surface area (Å²) in [5, 5.41) is 3.49. The first-order chi connectivity index (χ1) is 13.6. The van der Waals surface area contributed by atoms with Gasteiger partial charge in [-0.1, -0.05) is 24.3 Å². The molecule has 1 spiro atoms. The van der Waals surface area contributed by atoms with Crippen LogP contribution in [0.2, 0.25) is 0 Å². The molecule has 1 unspecified atom stereocenters. The maximum atomic E-state index is 6.06. The molecule has 1 aromatic carbocycles. The van der Waals surface area contributed by atoms with E-state index in [0.717, 1.165) is 56.8 Å². The van der Waals surface area contributed by atoms with Gasteiger partial charge in [-0.05, 0) is 56.7 Å². The summed E-state index contributed by atoms with van der Waals surface area (Å²) in [4.78, 5) is 12.3. The van der Waals surface area contributed by atoms with Crippen molar-refractivity contribution in [2.24, 2.45) is 5.92 Å². The third kappa shape index (κ3) is 3.42. The zero-order valence-electron chi connectivity index (χ0n) is 17.0. The Labute approximate surface area is 167 Å². The van der Waals surface area contributed by atoms with Crippen molar-refractivity contribution in [3.05, 3.63) is 52.3 Å². The van der Waals surface area contributed by atoms with E-state index in [1.54, 1.807) is 0 Å². The Morgan fingerprint density at radius 3 is 2.89 bits per heavy atom. The number of hydrogen-bond donors (Lipinski definition) is 1. The summed E-state index contributed by atoms with van der Waals surface area (Å²) in [6, 6.07) is 8.71. The van der Waals surface area contributed by atoms with Gasteiger partial charge in [-0.2, -0.15) is 0 Å². The third-order valence-corrected chi connectivity index (χ3v) is 6.67. The van der Waals surface area contributed by atoms with Gasteiger partial charge in [0.05, 0.1) is 24.3 Å². The molecule has 1 atom stereocenters. The number of hydrogen-bond acceptors (Lipinski definition) is 5. The number of nitrogens with one attached hydrogen (secondary N) is 1. The number of anilines is 1. The average Bonchev–Trinajstić information content (AvgIpc) is 3.44. The van der Waals surface area contributed by atoms with Crippen LogP contribution in [-0.2, 0) is 23.3 Å². The Kier molecular flexibility index (Phi) is 4.60. The van der Waals surface area contributed by atoms with E-state index in [0.29, 0.717) is 6.61 Å².